The highest BCUT2D eigenvalue weighted by atomic mass is 28.2. The Morgan fingerprint density at radius 3 is 2.16 bits per heavy atom. The highest BCUT2D eigenvalue weighted by Crippen LogP contribution is 2.26. The zero-order chi connectivity index (χ0) is 14.5. The number of halogens is 3. The molecule has 5 heteroatoms. The van der Waals surface area contributed by atoms with Crippen LogP contribution in [0.4, 0.5) is 13.2 Å². The van der Waals surface area contributed by atoms with E-state index in [0.717, 1.165) is 25.3 Å². The number of hydrogen-bond donors (Lipinski definition) is 0. The van der Waals surface area contributed by atoms with Crippen molar-refractivity contribution in [2.24, 2.45) is 0 Å². The molecule has 0 saturated heterocycles. The minimum atomic E-state index is -1.14. The Morgan fingerprint density at radius 1 is 1.05 bits per heavy atom. The van der Waals surface area contributed by atoms with Gasteiger partial charge in [0.25, 0.3) is 0 Å². The van der Waals surface area contributed by atoms with Gasteiger partial charge in [-0.15, -0.1) is 0 Å². The van der Waals surface area contributed by atoms with E-state index in [4.69, 9.17) is 4.43 Å². The van der Waals surface area contributed by atoms with Gasteiger partial charge in [0.1, 0.15) is 16.3 Å². The second kappa shape index (κ2) is 7.10. The Kier molecular flexibility index (Phi) is 6.07. The van der Waals surface area contributed by atoms with E-state index in [1.807, 2.05) is 0 Å². The summed E-state index contributed by atoms with van der Waals surface area (Å²) in [5.41, 5.74) is 0.0923. The molecular weight excluding hydrogens is 269 g/mol. The Morgan fingerprint density at radius 2 is 1.63 bits per heavy atom. The summed E-state index contributed by atoms with van der Waals surface area (Å²) >= 11 is 0. The molecule has 0 aliphatic carbocycles. The Hall–Kier alpha value is -0.813. The van der Waals surface area contributed by atoms with E-state index in [1.54, 1.807) is 0 Å². The van der Waals surface area contributed by atoms with Crippen LogP contribution in [0.25, 0.3) is 0 Å². The zero-order valence-electron chi connectivity index (χ0n) is 11.7. The summed E-state index contributed by atoms with van der Waals surface area (Å²) in [4.78, 5) is 0. The van der Waals surface area contributed by atoms with Crippen molar-refractivity contribution < 1.29 is 17.6 Å². The van der Waals surface area contributed by atoms with Gasteiger partial charge in [0.2, 0.25) is 0 Å². The van der Waals surface area contributed by atoms with E-state index in [1.165, 1.54) is 0 Å². The molecule has 0 radical (unpaired) electrons. The topological polar surface area (TPSA) is 9.23 Å². The van der Waals surface area contributed by atoms with E-state index in [9.17, 15) is 13.2 Å². The van der Waals surface area contributed by atoms with E-state index >= 15 is 0 Å². The van der Waals surface area contributed by atoms with Gasteiger partial charge in [-0.25, -0.2) is 13.2 Å². The fourth-order valence-electron chi connectivity index (χ4n) is 2.35. The van der Waals surface area contributed by atoms with Gasteiger partial charge in [0.05, 0.1) is 5.60 Å². The number of aryl methyl sites for hydroxylation is 1. The van der Waals surface area contributed by atoms with Crippen molar-refractivity contribution in [2.45, 2.75) is 51.6 Å². The van der Waals surface area contributed by atoms with Crippen LogP contribution in [0.15, 0.2) is 12.1 Å². The fraction of sp³-hybridized carbons (Fsp3) is 0.571. The SMILES string of the molecule is CCC(CC)(CCCc1cc(F)c(F)cc1F)O[SiH3]. The molecule has 108 valence electrons. The van der Waals surface area contributed by atoms with Crippen molar-refractivity contribution in [3.63, 3.8) is 0 Å². The molecule has 1 nitrogen and oxygen atoms in total. The predicted molar refractivity (Wildman–Crippen MR) is 73.6 cm³/mol. The average Bonchev–Trinajstić information content (AvgIpc) is 2.41. The van der Waals surface area contributed by atoms with Gasteiger partial charge in [-0.2, -0.15) is 0 Å². The minimum Gasteiger partial charge on any atom is -0.422 e. The summed E-state index contributed by atoms with van der Waals surface area (Å²) in [5, 5.41) is 0. The van der Waals surface area contributed by atoms with E-state index in [-0.39, 0.29) is 11.2 Å². The van der Waals surface area contributed by atoms with Gasteiger partial charge in [-0.1, -0.05) is 13.8 Å². The van der Waals surface area contributed by atoms with Crippen LogP contribution in [0.1, 0.15) is 45.1 Å². The molecule has 0 saturated carbocycles. The van der Waals surface area contributed by atoms with Gasteiger partial charge in [0.15, 0.2) is 11.6 Å². The van der Waals surface area contributed by atoms with Crippen LogP contribution in [0.5, 0.6) is 0 Å². The van der Waals surface area contributed by atoms with Gasteiger partial charge in [0, 0.05) is 6.07 Å². The number of hydrogen-bond acceptors (Lipinski definition) is 1. The number of benzene rings is 1. The lowest BCUT2D eigenvalue weighted by atomic mass is 9.90. The number of rotatable bonds is 7. The minimum absolute atomic E-state index is 0.138. The fourth-order valence-corrected chi connectivity index (χ4v) is 3.13. The molecule has 0 unspecified atom stereocenters. The van der Waals surface area contributed by atoms with Crippen LogP contribution >= 0.6 is 0 Å². The van der Waals surface area contributed by atoms with Crippen molar-refractivity contribution in [3.8, 4) is 0 Å². The third-order valence-corrected chi connectivity index (χ3v) is 4.76. The molecule has 1 aromatic rings. The monoisotopic (exact) mass is 290 g/mol. The molecule has 0 aliphatic rings. The molecular formula is C14H21F3OSi. The first-order valence-corrected chi connectivity index (χ1v) is 7.48. The predicted octanol–water partition coefficient (Wildman–Crippen LogP) is 3.28. The van der Waals surface area contributed by atoms with Crippen LogP contribution in [0.2, 0.25) is 0 Å². The third-order valence-electron chi connectivity index (χ3n) is 3.89. The molecule has 0 amide bonds. The maximum absolute atomic E-state index is 13.5. The van der Waals surface area contributed by atoms with Gasteiger partial charge < -0.3 is 4.43 Å². The van der Waals surface area contributed by atoms with Crippen molar-refractivity contribution in [2.75, 3.05) is 0 Å². The van der Waals surface area contributed by atoms with E-state index < -0.39 is 17.5 Å². The normalized spacial score (nSPS) is 12.1. The quantitative estimate of drug-likeness (QED) is 0.553. The molecule has 19 heavy (non-hydrogen) atoms. The molecule has 0 atom stereocenters. The molecule has 0 spiro atoms. The maximum atomic E-state index is 13.5. The second-order valence-electron chi connectivity index (χ2n) is 4.81. The first kappa shape index (κ1) is 16.2. The Labute approximate surface area is 115 Å². The third kappa shape index (κ3) is 4.08. The van der Waals surface area contributed by atoms with Crippen molar-refractivity contribution in [1.82, 2.24) is 0 Å². The van der Waals surface area contributed by atoms with E-state index in [0.29, 0.717) is 29.4 Å². The van der Waals surface area contributed by atoms with E-state index in [2.05, 4.69) is 13.8 Å². The summed E-state index contributed by atoms with van der Waals surface area (Å²) in [6.45, 7) is 4.14. The molecule has 0 heterocycles. The summed E-state index contributed by atoms with van der Waals surface area (Å²) < 4.78 is 45.0. The van der Waals surface area contributed by atoms with Crippen LogP contribution in [0, 0.1) is 17.5 Å². The lowest BCUT2D eigenvalue weighted by Crippen LogP contribution is -2.30. The molecule has 0 aliphatic heterocycles. The van der Waals surface area contributed by atoms with Gasteiger partial charge in [-0.05, 0) is 43.7 Å². The molecule has 0 aromatic heterocycles. The lowest BCUT2D eigenvalue weighted by molar-refractivity contribution is 0.0591. The largest absolute Gasteiger partial charge is 0.422 e. The van der Waals surface area contributed by atoms with Crippen LogP contribution < -0.4 is 0 Å². The zero-order valence-corrected chi connectivity index (χ0v) is 13.7. The van der Waals surface area contributed by atoms with Crippen LogP contribution in [-0.2, 0) is 10.8 Å². The van der Waals surface area contributed by atoms with Crippen molar-refractivity contribution in [3.05, 3.63) is 35.1 Å². The smallest absolute Gasteiger partial charge is 0.161 e. The van der Waals surface area contributed by atoms with Gasteiger partial charge in [-0.3, -0.25) is 0 Å². The highest BCUT2D eigenvalue weighted by molar-refractivity contribution is 5.98. The van der Waals surface area contributed by atoms with Gasteiger partial charge >= 0.3 is 0 Å². The van der Waals surface area contributed by atoms with Crippen molar-refractivity contribution in [1.29, 1.82) is 0 Å². The standard InChI is InChI=1S/C14H21F3OSi/c1-3-14(4-2,18-19)7-5-6-10-8-12(16)13(17)9-11(10)15/h8-9H,3-7H2,1-2,19H3. The Bertz CT molecular complexity index is 411. The van der Waals surface area contributed by atoms with Crippen molar-refractivity contribution >= 4 is 10.5 Å². The first-order valence-electron chi connectivity index (χ1n) is 6.66. The molecule has 1 rings (SSSR count). The Balaban J connectivity index is 2.65. The lowest BCUT2D eigenvalue weighted by Gasteiger charge is -2.31. The maximum Gasteiger partial charge on any atom is 0.161 e. The molecule has 0 N–H and O–H groups in total. The molecule has 1 aromatic carbocycles. The summed E-state index contributed by atoms with van der Waals surface area (Å²) in [6.07, 6.45) is 3.73. The summed E-state index contributed by atoms with van der Waals surface area (Å²) in [7, 11) is 0.664. The first-order chi connectivity index (χ1) is 8.98. The average molecular weight is 290 g/mol. The van der Waals surface area contributed by atoms with Crippen LogP contribution in [-0.4, -0.2) is 16.1 Å². The molecule has 0 fully saturated rings. The molecule has 0 bridgehead atoms. The van der Waals surface area contributed by atoms with Crippen LogP contribution in [0.3, 0.4) is 0 Å². The highest BCUT2D eigenvalue weighted by Gasteiger charge is 2.24. The summed E-state index contributed by atoms with van der Waals surface area (Å²) in [6, 6.07) is 1.56. The summed E-state index contributed by atoms with van der Waals surface area (Å²) in [5.74, 6) is -2.81. The second-order valence-corrected chi connectivity index (χ2v) is 5.21.